The van der Waals surface area contributed by atoms with Crippen LogP contribution in [0, 0.1) is 5.82 Å². The van der Waals surface area contributed by atoms with E-state index in [1.54, 1.807) is 0 Å². The van der Waals surface area contributed by atoms with Crippen LogP contribution in [0.25, 0.3) is 10.9 Å². The van der Waals surface area contributed by atoms with E-state index in [2.05, 4.69) is 20.3 Å². The lowest BCUT2D eigenvalue weighted by atomic mass is 9.92. The molecule has 1 aliphatic carbocycles. The van der Waals surface area contributed by atoms with Gasteiger partial charge in [-0.25, -0.2) is 4.39 Å². The minimum atomic E-state index is -1.81. The van der Waals surface area contributed by atoms with Crippen LogP contribution in [0.4, 0.5) is 4.39 Å². The fourth-order valence-electron chi connectivity index (χ4n) is 4.37. The van der Waals surface area contributed by atoms with Gasteiger partial charge in [-0.1, -0.05) is 24.3 Å². The van der Waals surface area contributed by atoms with Gasteiger partial charge < -0.3 is 25.9 Å². The van der Waals surface area contributed by atoms with Crippen LogP contribution in [0.2, 0.25) is 0 Å². The summed E-state index contributed by atoms with van der Waals surface area (Å²) in [6.07, 6.45) is 6.78. The number of nitrogens with two attached hydrogens (primary N) is 1. The van der Waals surface area contributed by atoms with Gasteiger partial charge >= 0.3 is 0 Å². The molecule has 1 unspecified atom stereocenters. The van der Waals surface area contributed by atoms with Crippen LogP contribution in [-0.2, 0) is 27.4 Å². The number of amides is 2. The first kappa shape index (κ1) is 27.1. The van der Waals surface area contributed by atoms with Gasteiger partial charge in [0.25, 0.3) is 0 Å². The maximum absolute atomic E-state index is 13.7. The molecule has 1 aromatic heterocycles. The molecule has 198 valence electrons. The molecule has 0 saturated heterocycles. The Hall–Kier alpha value is -2.92. The number of unbranched alkanes of at least 4 members (excludes halogenated alkanes) is 1. The Kier molecular flexibility index (Phi) is 9.56. The van der Waals surface area contributed by atoms with Crippen molar-refractivity contribution < 1.29 is 18.5 Å². The number of fused-ring (bicyclic) bond motifs is 1. The van der Waals surface area contributed by atoms with Gasteiger partial charge in [-0.3, -0.25) is 9.59 Å². The smallest absolute Gasteiger partial charge is 0.243 e. The number of rotatable bonds is 13. The number of hydrogen-bond acceptors (Lipinski definition) is 5. The van der Waals surface area contributed by atoms with Crippen LogP contribution in [0.5, 0.6) is 0 Å². The zero-order valence-electron chi connectivity index (χ0n) is 20.7. The van der Waals surface area contributed by atoms with Crippen molar-refractivity contribution in [2.24, 2.45) is 5.73 Å². The molecular formula is C27H34FN5O3S. The Morgan fingerprint density at radius 1 is 1.11 bits per heavy atom. The fraction of sp³-hybridized carbons (Fsp3) is 0.407. The van der Waals surface area contributed by atoms with Crippen molar-refractivity contribution in [3.63, 3.8) is 0 Å². The van der Waals surface area contributed by atoms with Crippen molar-refractivity contribution >= 4 is 34.1 Å². The number of H-pyrrole nitrogens is 1. The summed E-state index contributed by atoms with van der Waals surface area (Å²) >= 11 is -1.81. The zero-order valence-corrected chi connectivity index (χ0v) is 21.5. The average Bonchev–Trinajstić information content (AvgIpc) is 3.28. The number of benzene rings is 2. The molecule has 4 rings (SSSR count). The normalized spacial score (nSPS) is 16.1. The number of para-hydroxylation sites is 1. The number of carbonyl (C=O) groups excluding carboxylic acids is 2. The van der Waals surface area contributed by atoms with Crippen molar-refractivity contribution in [2.75, 3.05) is 6.54 Å². The summed E-state index contributed by atoms with van der Waals surface area (Å²) in [5.41, 5.74) is 7.50. The van der Waals surface area contributed by atoms with Crippen LogP contribution >= 0.6 is 0 Å². The van der Waals surface area contributed by atoms with Gasteiger partial charge in [-0.2, -0.15) is 0 Å². The Bertz CT molecular complexity index is 1200. The third kappa shape index (κ3) is 7.32. The topological polar surface area (TPSA) is 135 Å². The molecule has 1 saturated carbocycles. The van der Waals surface area contributed by atoms with E-state index in [0.29, 0.717) is 32.2 Å². The molecule has 0 spiro atoms. The van der Waals surface area contributed by atoms with Crippen LogP contribution in [0.3, 0.4) is 0 Å². The number of nitrogens with one attached hydrogen (secondary N) is 4. The van der Waals surface area contributed by atoms with Gasteiger partial charge in [0, 0.05) is 35.6 Å². The van der Waals surface area contributed by atoms with Crippen LogP contribution in [0.1, 0.15) is 44.1 Å². The predicted octanol–water partition coefficient (Wildman–Crippen LogP) is 2.81. The molecule has 10 heteroatoms. The van der Waals surface area contributed by atoms with Gasteiger partial charge in [0.05, 0.1) is 11.4 Å². The molecule has 8 nitrogen and oxygen atoms in total. The lowest BCUT2D eigenvalue weighted by Gasteiger charge is -2.29. The van der Waals surface area contributed by atoms with E-state index in [-0.39, 0.29) is 16.8 Å². The van der Waals surface area contributed by atoms with Crippen LogP contribution in [-0.4, -0.2) is 46.0 Å². The lowest BCUT2D eigenvalue weighted by Crippen LogP contribution is -2.56. The van der Waals surface area contributed by atoms with Gasteiger partial charge in [-0.15, -0.1) is 4.72 Å². The molecule has 6 N–H and O–H groups in total. The second kappa shape index (κ2) is 13.0. The average molecular weight is 528 g/mol. The minimum absolute atomic E-state index is 0.119. The molecule has 1 fully saturated rings. The quantitative estimate of drug-likeness (QED) is 0.172. The number of hydrogen-bond donors (Lipinski definition) is 5. The first-order valence-electron chi connectivity index (χ1n) is 12.7. The molecule has 37 heavy (non-hydrogen) atoms. The van der Waals surface area contributed by atoms with Crippen molar-refractivity contribution in [3.05, 3.63) is 66.1 Å². The van der Waals surface area contributed by atoms with Gasteiger partial charge in [-0.05, 0) is 68.8 Å². The summed E-state index contributed by atoms with van der Waals surface area (Å²) in [6.45, 7) is 0.467. The largest absolute Gasteiger partial charge is 0.593 e. The number of aromatic nitrogens is 1. The minimum Gasteiger partial charge on any atom is -0.593 e. The fourth-order valence-corrected chi connectivity index (χ4v) is 5.41. The van der Waals surface area contributed by atoms with Crippen LogP contribution < -0.4 is 21.1 Å². The number of halogens is 1. The maximum atomic E-state index is 13.7. The zero-order chi connectivity index (χ0) is 26.2. The molecule has 0 bridgehead atoms. The summed E-state index contributed by atoms with van der Waals surface area (Å²) in [5.74, 6) is -1.19. The second-order valence-electron chi connectivity index (χ2n) is 9.44. The maximum Gasteiger partial charge on any atom is 0.243 e. The standard InChI is InChI=1S/C27H34FN5O3S/c28-19-7-5-10-21(16-19)37(36)33-24(13-3-4-14-29)26(34)32-25(27(35)31-20-8-6-9-20)15-18-17-30-23-12-2-1-11-22(18)23/h1-2,5,7,10-12,16-17,20,24-25,30,33H,3-4,6,8-9,13-15,29H2,(H,31,35)(H,32,34)/t24-,25-,37?/m0/s1. The van der Waals surface area contributed by atoms with Crippen molar-refractivity contribution in [3.8, 4) is 0 Å². The Morgan fingerprint density at radius 2 is 1.92 bits per heavy atom. The molecule has 1 heterocycles. The van der Waals surface area contributed by atoms with E-state index in [0.717, 1.165) is 35.7 Å². The highest BCUT2D eigenvalue weighted by Gasteiger charge is 2.31. The Morgan fingerprint density at radius 3 is 2.65 bits per heavy atom. The summed E-state index contributed by atoms with van der Waals surface area (Å²) in [5, 5.41) is 6.93. The number of carbonyl (C=O) groups is 2. The van der Waals surface area contributed by atoms with Crippen LogP contribution in [0.15, 0.2) is 59.6 Å². The first-order valence-corrected chi connectivity index (χ1v) is 13.9. The van der Waals surface area contributed by atoms with Gasteiger partial charge in [0.1, 0.15) is 17.9 Å². The van der Waals surface area contributed by atoms with Crippen molar-refractivity contribution in [1.82, 2.24) is 20.3 Å². The Balaban J connectivity index is 1.51. The van der Waals surface area contributed by atoms with E-state index in [9.17, 15) is 18.5 Å². The molecule has 0 radical (unpaired) electrons. The molecule has 2 aromatic carbocycles. The van der Waals surface area contributed by atoms with E-state index in [1.165, 1.54) is 24.3 Å². The molecule has 1 aliphatic rings. The van der Waals surface area contributed by atoms with Gasteiger partial charge in [0.2, 0.25) is 11.8 Å². The molecule has 3 aromatic rings. The van der Waals surface area contributed by atoms with Crippen molar-refractivity contribution in [2.45, 2.75) is 68.0 Å². The summed E-state index contributed by atoms with van der Waals surface area (Å²) in [4.78, 5) is 30.1. The van der Waals surface area contributed by atoms with E-state index < -0.39 is 35.2 Å². The Labute approximate surface area is 219 Å². The van der Waals surface area contributed by atoms with E-state index >= 15 is 0 Å². The lowest BCUT2D eigenvalue weighted by molar-refractivity contribution is -0.130. The van der Waals surface area contributed by atoms with Gasteiger partial charge in [0.15, 0.2) is 4.90 Å². The van der Waals surface area contributed by atoms with E-state index in [1.807, 2.05) is 30.5 Å². The monoisotopic (exact) mass is 527 g/mol. The summed E-state index contributed by atoms with van der Waals surface area (Å²) in [7, 11) is 0. The summed E-state index contributed by atoms with van der Waals surface area (Å²) in [6, 6.07) is 11.7. The SMILES string of the molecule is NCCCC[C@H](N[S+]([O-])c1cccc(F)c1)C(=O)N[C@@H](Cc1c[nH]c2ccccc12)C(=O)NC1CCC1. The van der Waals surface area contributed by atoms with E-state index in [4.69, 9.17) is 5.73 Å². The highest BCUT2D eigenvalue weighted by atomic mass is 32.2. The predicted molar refractivity (Wildman–Crippen MR) is 142 cm³/mol. The second-order valence-corrected chi connectivity index (χ2v) is 10.7. The molecule has 2 amide bonds. The highest BCUT2D eigenvalue weighted by molar-refractivity contribution is 7.89. The number of aromatic amines is 1. The van der Waals surface area contributed by atoms with Crippen molar-refractivity contribution in [1.29, 1.82) is 0 Å². The summed E-state index contributed by atoms with van der Waals surface area (Å²) < 4.78 is 29.4. The first-order chi connectivity index (χ1) is 17.9. The third-order valence-electron chi connectivity index (χ3n) is 6.71. The third-order valence-corrected chi connectivity index (χ3v) is 7.89. The highest BCUT2D eigenvalue weighted by Crippen LogP contribution is 2.21. The molecular weight excluding hydrogens is 493 g/mol. The molecule has 3 atom stereocenters. The molecule has 0 aliphatic heterocycles.